The predicted octanol–water partition coefficient (Wildman–Crippen LogP) is 2.62. The number of benzene rings is 1. The van der Waals surface area contributed by atoms with E-state index in [-0.39, 0.29) is 11.7 Å². The highest BCUT2D eigenvalue weighted by atomic mass is 19.1. The van der Waals surface area contributed by atoms with Gasteiger partial charge in [-0.3, -0.25) is 4.79 Å². The number of carbonyl (C=O) groups is 1. The molecule has 112 valence electrons. The number of aryl methyl sites for hydroxylation is 2. The number of H-pyrrole nitrogens is 1. The summed E-state index contributed by atoms with van der Waals surface area (Å²) in [5, 5.41) is 2.86. The Morgan fingerprint density at radius 3 is 2.86 bits per heavy atom. The number of aromatic nitrogens is 2. The molecule has 0 radical (unpaired) electrons. The number of unbranched alkanes of at least 4 members (excludes halogenated alkanes) is 1. The first-order valence-electron chi connectivity index (χ1n) is 7.24. The molecule has 0 aliphatic rings. The molecule has 0 saturated carbocycles. The van der Waals surface area contributed by atoms with Crippen molar-refractivity contribution in [3.63, 3.8) is 0 Å². The van der Waals surface area contributed by atoms with Gasteiger partial charge in [-0.1, -0.05) is 18.2 Å². The zero-order valence-electron chi connectivity index (χ0n) is 11.9. The Bertz CT molecular complexity index is 554. The molecule has 0 aliphatic heterocycles. The molecule has 5 heteroatoms. The van der Waals surface area contributed by atoms with Gasteiger partial charge >= 0.3 is 0 Å². The normalized spacial score (nSPS) is 10.5. The molecule has 0 aliphatic carbocycles. The fraction of sp³-hybridized carbons (Fsp3) is 0.375. The Morgan fingerprint density at radius 2 is 2.10 bits per heavy atom. The van der Waals surface area contributed by atoms with Crippen LogP contribution in [0.3, 0.4) is 0 Å². The van der Waals surface area contributed by atoms with Gasteiger partial charge in [-0.05, 0) is 30.9 Å². The Labute approximate surface area is 123 Å². The third-order valence-electron chi connectivity index (χ3n) is 3.30. The average molecular weight is 289 g/mol. The van der Waals surface area contributed by atoms with Gasteiger partial charge in [0.05, 0.1) is 0 Å². The lowest BCUT2D eigenvalue weighted by atomic mass is 10.1. The lowest BCUT2D eigenvalue weighted by molar-refractivity contribution is -0.121. The van der Waals surface area contributed by atoms with Gasteiger partial charge in [0.15, 0.2) is 0 Å². The number of nitrogens with one attached hydrogen (secondary N) is 2. The number of aromatic amines is 1. The van der Waals surface area contributed by atoms with Gasteiger partial charge in [-0.2, -0.15) is 0 Å². The predicted molar refractivity (Wildman–Crippen MR) is 79.3 cm³/mol. The lowest BCUT2D eigenvalue weighted by Crippen LogP contribution is -2.24. The third-order valence-corrected chi connectivity index (χ3v) is 3.30. The summed E-state index contributed by atoms with van der Waals surface area (Å²) in [5.74, 6) is 0.695. The Hall–Kier alpha value is -2.17. The molecule has 0 saturated heterocycles. The van der Waals surface area contributed by atoms with Crippen molar-refractivity contribution in [2.45, 2.75) is 32.1 Å². The Balaban J connectivity index is 1.56. The van der Waals surface area contributed by atoms with Crippen LogP contribution in [0.5, 0.6) is 0 Å². The zero-order chi connectivity index (χ0) is 14.9. The molecule has 1 aromatic carbocycles. The first-order valence-corrected chi connectivity index (χ1v) is 7.24. The number of imidazole rings is 1. The van der Waals surface area contributed by atoms with Gasteiger partial charge in [0.2, 0.25) is 5.91 Å². The van der Waals surface area contributed by atoms with Crippen molar-refractivity contribution in [1.29, 1.82) is 0 Å². The molecule has 2 N–H and O–H groups in total. The van der Waals surface area contributed by atoms with E-state index in [1.54, 1.807) is 30.6 Å². The maximum absolute atomic E-state index is 13.4. The molecule has 4 nitrogen and oxygen atoms in total. The topological polar surface area (TPSA) is 57.8 Å². The van der Waals surface area contributed by atoms with Crippen molar-refractivity contribution in [3.05, 3.63) is 53.9 Å². The quantitative estimate of drug-likeness (QED) is 0.734. The molecule has 1 amide bonds. The molecular weight excluding hydrogens is 269 g/mol. The monoisotopic (exact) mass is 289 g/mol. The SMILES string of the molecule is O=C(CCc1ccccc1F)NCCCCc1ncc[nH]1. The standard InChI is InChI=1S/C16H20FN3O/c17-14-6-2-1-5-13(14)8-9-16(21)20-10-4-3-7-15-18-11-12-19-15/h1-2,5-6,11-12H,3-4,7-10H2,(H,18,19)(H,20,21). The van der Waals surface area contributed by atoms with Gasteiger partial charge < -0.3 is 10.3 Å². The van der Waals surface area contributed by atoms with Crippen molar-refractivity contribution < 1.29 is 9.18 Å². The fourth-order valence-corrected chi connectivity index (χ4v) is 2.12. The smallest absolute Gasteiger partial charge is 0.220 e. The number of rotatable bonds is 8. The number of amides is 1. The summed E-state index contributed by atoms with van der Waals surface area (Å²) in [6.07, 6.45) is 7.06. The lowest BCUT2D eigenvalue weighted by Gasteiger charge is -2.05. The van der Waals surface area contributed by atoms with E-state index >= 15 is 0 Å². The molecule has 0 bridgehead atoms. The third kappa shape index (κ3) is 5.38. The molecule has 2 rings (SSSR count). The number of nitrogens with zero attached hydrogens (tertiary/aromatic N) is 1. The molecule has 0 unspecified atom stereocenters. The molecule has 2 aromatic rings. The number of carbonyl (C=O) groups excluding carboxylic acids is 1. The minimum absolute atomic E-state index is 0.0312. The van der Waals surface area contributed by atoms with Crippen LogP contribution < -0.4 is 5.32 Å². The second-order valence-corrected chi connectivity index (χ2v) is 4.93. The van der Waals surface area contributed by atoms with Crippen LogP contribution >= 0.6 is 0 Å². The molecule has 0 fully saturated rings. The van der Waals surface area contributed by atoms with Crippen molar-refractivity contribution in [1.82, 2.24) is 15.3 Å². The number of hydrogen-bond acceptors (Lipinski definition) is 2. The minimum atomic E-state index is -0.247. The summed E-state index contributed by atoms with van der Waals surface area (Å²) in [7, 11) is 0. The fourth-order valence-electron chi connectivity index (χ4n) is 2.12. The highest BCUT2D eigenvalue weighted by molar-refractivity contribution is 5.76. The van der Waals surface area contributed by atoms with Crippen molar-refractivity contribution in [3.8, 4) is 0 Å². The molecule has 1 aromatic heterocycles. The van der Waals surface area contributed by atoms with E-state index < -0.39 is 0 Å². The van der Waals surface area contributed by atoms with Crippen LogP contribution in [0.4, 0.5) is 4.39 Å². The van der Waals surface area contributed by atoms with Crippen LogP contribution in [0.2, 0.25) is 0 Å². The number of hydrogen-bond donors (Lipinski definition) is 2. The highest BCUT2D eigenvalue weighted by Crippen LogP contribution is 2.08. The van der Waals surface area contributed by atoms with Gasteiger partial charge in [-0.25, -0.2) is 9.37 Å². The van der Waals surface area contributed by atoms with Gasteiger partial charge in [0.25, 0.3) is 0 Å². The summed E-state index contributed by atoms with van der Waals surface area (Å²) in [6.45, 7) is 0.650. The van der Waals surface area contributed by atoms with E-state index in [1.165, 1.54) is 6.07 Å². The molecule has 21 heavy (non-hydrogen) atoms. The second kappa shape index (κ2) is 8.19. The second-order valence-electron chi connectivity index (χ2n) is 4.93. The first-order chi connectivity index (χ1) is 10.3. The minimum Gasteiger partial charge on any atom is -0.356 e. The van der Waals surface area contributed by atoms with E-state index in [4.69, 9.17) is 0 Å². The molecule has 1 heterocycles. The van der Waals surface area contributed by atoms with E-state index in [0.29, 0.717) is 24.9 Å². The van der Waals surface area contributed by atoms with Crippen LogP contribution in [-0.4, -0.2) is 22.4 Å². The number of halogens is 1. The van der Waals surface area contributed by atoms with E-state index in [1.807, 2.05) is 0 Å². The van der Waals surface area contributed by atoms with Crippen LogP contribution in [0.15, 0.2) is 36.7 Å². The van der Waals surface area contributed by atoms with Crippen LogP contribution in [0.1, 0.15) is 30.7 Å². The summed E-state index contributed by atoms with van der Waals surface area (Å²) in [6, 6.07) is 6.57. The van der Waals surface area contributed by atoms with Gasteiger partial charge in [-0.15, -0.1) is 0 Å². The first kappa shape index (κ1) is 15.2. The van der Waals surface area contributed by atoms with Gasteiger partial charge in [0, 0.05) is 31.8 Å². The Kier molecular flexibility index (Phi) is 5.94. The molecule has 0 atom stereocenters. The van der Waals surface area contributed by atoms with Crippen LogP contribution in [-0.2, 0) is 17.6 Å². The van der Waals surface area contributed by atoms with Crippen molar-refractivity contribution >= 4 is 5.91 Å². The van der Waals surface area contributed by atoms with Gasteiger partial charge in [0.1, 0.15) is 11.6 Å². The largest absolute Gasteiger partial charge is 0.356 e. The van der Waals surface area contributed by atoms with E-state index in [2.05, 4.69) is 15.3 Å². The zero-order valence-corrected chi connectivity index (χ0v) is 11.9. The summed E-state index contributed by atoms with van der Waals surface area (Å²) < 4.78 is 13.4. The molecule has 0 spiro atoms. The van der Waals surface area contributed by atoms with E-state index in [0.717, 1.165) is 25.1 Å². The van der Waals surface area contributed by atoms with E-state index in [9.17, 15) is 9.18 Å². The van der Waals surface area contributed by atoms with Crippen molar-refractivity contribution in [2.75, 3.05) is 6.54 Å². The maximum Gasteiger partial charge on any atom is 0.220 e. The molecular formula is C16H20FN3O. The maximum atomic E-state index is 13.4. The highest BCUT2D eigenvalue weighted by Gasteiger charge is 2.05. The summed E-state index contributed by atoms with van der Waals surface area (Å²) >= 11 is 0. The van der Waals surface area contributed by atoms with Crippen molar-refractivity contribution in [2.24, 2.45) is 0 Å². The summed E-state index contributed by atoms with van der Waals surface area (Å²) in [4.78, 5) is 18.9. The summed E-state index contributed by atoms with van der Waals surface area (Å²) in [5.41, 5.74) is 0.588. The van der Waals surface area contributed by atoms with Crippen LogP contribution in [0, 0.1) is 5.82 Å². The van der Waals surface area contributed by atoms with Crippen LogP contribution in [0.25, 0.3) is 0 Å². The average Bonchev–Trinajstić information content (AvgIpc) is 2.99. The Morgan fingerprint density at radius 1 is 1.24 bits per heavy atom.